The zero-order valence-electron chi connectivity index (χ0n) is 18.6. The summed E-state index contributed by atoms with van der Waals surface area (Å²) in [6.45, 7) is 7.61. The van der Waals surface area contributed by atoms with Crippen LogP contribution in [0.1, 0.15) is 37.9 Å². The zero-order valence-corrected chi connectivity index (χ0v) is 20.3. The molecule has 0 fully saturated rings. The van der Waals surface area contributed by atoms with Gasteiger partial charge in [0.25, 0.3) is 0 Å². The molecular formula is C23H30N4O2S2. The maximum absolute atomic E-state index is 12.5. The van der Waals surface area contributed by atoms with Gasteiger partial charge in [-0.1, -0.05) is 38.1 Å². The number of hydrogen-bond acceptors (Lipinski definition) is 6. The minimum Gasteiger partial charge on any atom is -0.384 e. The van der Waals surface area contributed by atoms with E-state index in [1.54, 1.807) is 29.5 Å². The van der Waals surface area contributed by atoms with E-state index in [1.165, 1.54) is 24.0 Å². The van der Waals surface area contributed by atoms with Crippen LogP contribution < -0.4 is 10.6 Å². The van der Waals surface area contributed by atoms with Gasteiger partial charge in [-0.15, -0.1) is 11.3 Å². The lowest BCUT2D eigenvalue weighted by atomic mass is 10.0. The molecule has 0 amide bonds. The van der Waals surface area contributed by atoms with Gasteiger partial charge in [0.05, 0.1) is 28.5 Å². The Morgan fingerprint density at radius 2 is 1.74 bits per heavy atom. The smallest absolute Gasteiger partial charge is 0.242 e. The van der Waals surface area contributed by atoms with Crippen LogP contribution in [0.2, 0.25) is 0 Å². The van der Waals surface area contributed by atoms with Gasteiger partial charge >= 0.3 is 0 Å². The van der Waals surface area contributed by atoms with Crippen LogP contribution in [0.25, 0.3) is 10.6 Å². The van der Waals surface area contributed by atoms with Crippen molar-refractivity contribution in [3.63, 3.8) is 0 Å². The molecule has 0 radical (unpaired) electrons. The Balaban J connectivity index is 1.79. The van der Waals surface area contributed by atoms with Crippen LogP contribution in [-0.2, 0) is 16.6 Å². The molecule has 0 unspecified atom stereocenters. The first-order valence-electron chi connectivity index (χ1n) is 10.3. The molecule has 0 spiro atoms. The van der Waals surface area contributed by atoms with Gasteiger partial charge in [0.2, 0.25) is 10.0 Å². The molecular weight excluding hydrogens is 428 g/mol. The van der Waals surface area contributed by atoms with E-state index in [4.69, 9.17) is 4.98 Å². The first kappa shape index (κ1) is 23.2. The highest BCUT2D eigenvalue weighted by Crippen LogP contribution is 2.29. The molecule has 3 aromatic rings. The van der Waals surface area contributed by atoms with Crippen molar-refractivity contribution in [2.45, 2.75) is 38.1 Å². The number of hydrogen-bond donors (Lipinski definition) is 2. The molecule has 1 heterocycles. The summed E-state index contributed by atoms with van der Waals surface area (Å²) < 4.78 is 26.3. The summed E-state index contributed by atoms with van der Waals surface area (Å²) in [5.74, 6) is 0.503. The minimum absolute atomic E-state index is 0.255. The second-order valence-electron chi connectivity index (χ2n) is 7.80. The lowest BCUT2D eigenvalue weighted by molar-refractivity contribution is 0.521. The van der Waals surface area contributed by atoms with Crippen molar-refractivity contribution in [1.82, 2.24) is 9.29 Å². The maximum Gasteiger partial charge on any atom is 0.242 e. The lowest BCUT2D eigenvalue weighted by Gasteiger charge is -2.16. The molecule has 0 atom stereocenters. The first-order chi connectivity index (χ1) is 14.7. The van der Waals surface area contributed by atoms with E-state index in [1.807, 2.05) is 12.3 Å². The Bertz CT molecular complexity index is 1120. The largest absolute Gasteiger partial charge is 0.384 e. The van der Waals surface area contributed by atoms with Gasteiger partial charge < -0.3 is 10.6 Å². The number of aromatic nitrogens is 1. The number of thiazole rings is 1. The van der Waals surface area contributed by atoms with Gasteiger partial charge in [-0.3, -0.25) is 0 Å². The van der Waals surface area contributed by atoms with E-state index in [0.717, 1.165) is 34.2 Å². The molecule has 2 N–H and O–H groups in total. The molecule has 0 bridgehead atoms. The number of nitrogens with one attached hydrogen (secondary N) is 2. The third kappa shape index (κ3) is 5.44. The summed E-state index contributed by atoms with van der Waals surface area (Å²) in [5, 5.41) is 9.64. The highest BCUT2D eigenvalue weighted by molar-refractivity contribution is 7.89. The van der Waals surface area contributed by atoms with Crippen molar-refractivity contribution in [3.05, 3.63) is 59.1 Å². The maximum atomic E-state index is 12.5. The molecule has 2 aromatic carbocycles. The van der Waals surface area contributed by atoms with Crippen LogP contribution >= 0.6 is 11.3 Å². The van der Waals surface area contributed by atoms with Crippen LogP contribution in [0.15, 0.2) is 52.7 Å². The first-order valence-corrected chi connectivity index (χ1v) is 12.6. The summed E-state index contributed by atoms with van der Waals surface area (Å²) in [6, 6.07) is 13.6. The van der Waals surface area contributed by atoms with Crippen molar-refractivity contribution < 1.29 is 8.42 Å². The molecule has 3 rings (SSSR count). The fourth-order valence-corrected chi connectivity index (χ4v) is 4.86. The third-order valence-corrected chi connectivity index (χ3v) is 7.72. The van der Waals surface area contributed by atoms with E-state index < -0.39 is 10.0 Å². The highest BCUT2D eigenvalue weighted by Gasteiger charge is 2.19. The monoisotopic (exact) mass is 458 g/mol. The van der Waals surface area contributed by atoms with Gasteiger partial charge in [-0.05, 0) is 36.6 Å². The Labute approximate surface area is 189 Å². The summed E-state index contributed by atoms with van der Waals surface area (Å²) >= 11 is 1.61. The van der Waals surface area contributed by atoms with E-state index >= 15 is 0 Å². The Hall–Kier alpha value is -2.42. The Morgan fingerprint density at radius 3 is 2.35 bits per heavy atom. The molecule has 0 aliphatic carbocycles. The molecule has 0 aliphatic rings. The molecule has 1 aromatic heterocycles. The van der Waals surface area contributed by atoms with E-state index in [9.17, 15) is 8.42 Å². The number of sulfonamides is 1. The van der Waals surface area contributed by atoms with Gasteiger partial charge in [0, 0.05) is 31.6 Å². The molecule has 6 nitrogen and oxygen atoms in total. The summed E-state index contributed by atoms with van der Waals surface area (Å²) in [4.78, 5) is 5.01. The van der Waals surface area contributed by atoms with E-state index in [2.05, 4.69) is 48.7 Å². The van der Waals surface area contributed by atoms with Crippen molar-refractivity contribution in [3.8, 4) is 10.6 Å². The third-order valence-electron chi connectivity index (χ3n) is 4.97. The second-order valence-corrected chi connectivity index (χ2v) is 10.8. The number of benzene rings is 2. The molecule has 0 saturated heterocycles. The standard InChI is InChI=1S/C23H30N4O2S2/c1-6-24-21-12-11-20(31(28,29)27(4)5)13-22(21)25-14-19-15-30-23(26-19)18-9-7-17(8-10-18)16(2)3/h7-13,15-16,24-25H,6,14H2,1-5H3. The van der Waals surface area contributed by atoms with Gasteiger partial charge in [0.1, 0.15) is 5.01 Å². The van der Waals surface area contributed by atoms with Crippen LogP contribution in [0.3, 0.4) is 0 Å². The average molecular weight is 459 g/mol. The number of rotatable bonds is 9. The second kappa shape index (κ2) is 9.80. The molecule has 8 heteroatoms. The van der Waals surface area contributed by atoms with Crippen LogP contribution in [0.5, 0.6) is 0 Å². The molecule has 31 heavy (non-hydrogen) atoms. The van der Waals surface area contributed by atoms with Crippen LogP contribution in [0, 0.1) is 0 Å². The van der Waals surface area contributed by atoms with Crippen molar-refractivity contribution in [2.75, 3.05) is 31.3 Å². The number of nitrogens with zero attached hydrogens (tertiary/aromatic N) is 2. The van der Waals surface area contributed by atoms with Crippen LogP contribution in [0.4, 0.5) is 11.4 Å². The van der Waals surface area contributed by atoms with Gasteiger partial charge in [0.15, 0.2) is 0 Å². The van der Waals surface area contributed by atoms with Crippen molar-refractivity contribution >= 4 is 32.7 Å². The van der Waals surface area contributed by atoms with Crippen molar-refractivity contribution in [2.24, 2.45) is 0 Å². The van der Waals surface area contributed by atoms with E-state index in [0.29, 0.717) is 12.5 Å². The average Bonchev–Trinajstić information content (AvgIpc) is 3.22. The summed E-state index contributed by atoms with van der Waals surface area (Å²) in [5.41, 5.74) is 4.93. The lowest BCUT2D eigenvalue weighted by Crippen LogP contribution is -2.22. The summed E-state index contributed by atoms with van der Waals surface area (Å²) in [7, 11) is -0.438. The summed E-state index contributed by atoms with van der Waals surface area (Å²) in [6.07, 6.45) is 0. The predicted octanol–water partition coefficient (Wildman–Crippen LogP) is 5.23. The normalized spacial score (nSPS) is 11.8. The Morgan fingerprint density at radius 1 is 1.03 bits per heavy atom. The fraction of sp³-hybridized carbons (Fsp3) is 0.348. The molecule has 0 aliphatic heterocycles. The molecule has 166 valence electrons. The predicted molar refractivity (Wildman–Crippen MR) is 130 cm³/mol. The fourth-order valence-electron chi connectivity index (χ4n) is 3.10. The minimum atomic E-state index is -3.50. The number of anilines is 2. The quantitative estimate of drug-likeness (QED) is 0.459. The topological polar surface area (TPSA) is 74.3 Å². The van der Waals surface area contributed by atoms with Gasteiger partial charge in [-0.2, -0.15) is 0 Å². The van der Waals surface area contributed by atoms with E-state index in [-0.39, 0.29) is 4.90 Å². The SMILES string of the molecule is CCNc1ccc(S(=O)(=O)N(C)C)cc1NCc1csc(-c2ccc(C(C)C)cc2)n1. The zero-order chi connectivity index (χ0) is 22.6. The Kier molecular flexibility index (Phi) is 7.35. The van der Waals surface area contributed by atoms with Gasteiger partial charge in [-0.25, -0.2) is 17.7 Å². The van der Waals surface area contributed by atoms with Crippen LogP contribution in [-0.4, -0.2) is 38.3 Å². The van der Waals surface area contributed by atoms with Crippen molar-refractivity contribution in [1.29, 1.82) is 0 Å². The highest BCUT2D eigenvalue weighted by atomic mass is 32.2. The molecule has 0 saturated carbocycles.